The van der Waals surface area contributed by atoms with E-state index in [9.17, 15) is 29.7 Å². The predicted molar refractivity (Wildman–Crippen MR) is 172 cm³/mol. The second-order valence-corrected chi connectivity index (χ2v) is 16.9. The van der Waals surface area contributed by atoms with Crippen LogP contribution in [0.1, 0.15) is 103 Å². The minimum absolute atomic E-state index is 0.0165. The van der Waals surface area contributed by atoms with Crippen LogP contribution in [0.25, 0.3) is 0 Å². The molecule has 3 N–H and O–H groups in total. The van der Waals surface area contributed by atoms with Crippen LogP contribution in [0.3, 0.4) is 0 Å². The number of fused-ring (bicyclic) bond motifs is 7. The van der Waals surface area contributed by atoms with Crippen LogP contribution >= 0.6 is 0 Å². The Kier molecular flexibility index (Phi) is 7.50. The summed E-state index contributed by atoms with van der Waals surface area (Å²) in [6, 6.07) is 4.26. The third-order valence-electron chi connectivity index (χ3n) is 15.2. The fourth-order valence-electron chi connectivity index (χ4n) is 13.0. The summed E-state index contributed by atoms with van der Waals surface area (Å²) in [5, 5.41) is 31.7. The zero-order valence-corrected chi connectivity index (χ0v) is 28.5. The second-order valence-electron chi connectivity index (χ2n) is 16.9. The number of carboxylic acid groups (broad SMARTS) is 2. The van der Waals surface area contributed by atoms with Gasteiger partial charge in [0.15, 0.2) is 11.5 Å². The average Bonchev–Trinajstić information content (AvgIpc) is 3.46. The number of allylic oxidation sites excluding steroid dienone is 1. The van der Waals surface area contributed by atoms with Gasteiger partial charge in [-0.3, -0.25) is 9.59 Å². The fourth-order valence-corrected chi connectivity index (χ4v) is 13.0. The summed E-state index contributed by atoms with van der Waals surface area (Å²) in [5.41, 5.74) is -1.04. The number of esters is 1. The average molecular weight is 637 g/mol. The van der Waals surface area contributed by atoms with Crippen molar-refractivity contribution in [3.8, 4) is 11.5 Å². The van der Waals surface area contributed by atoms with Gasteiger partial charge in [-0.05, 0) is 122 Å². The molecule has 0 saturated heterocycles. The molecule has 252 valence electrons. The van der Waals surface area contributed by atoms with Crippen molar-refractivity contribution in [3.05, 3.63) is 35.9 Å². The Balaban J connectivity index is 1.39. The van der Waals surface area contributed by atoms with Crippen LogP contribution in [0.4, 0.5) is 0 Å². The van der Waals surface area contributed by atoms with Gasteiger partial charge >= 0.3 is 17.9 Å². The normalized spacial score (nSPS) is 43.8. The van der Waals surface area contributed by atoms with Gasteiger partial charge in [-0.1, -0.05) is 46.8 Å². The third-order valence-corrected chi connectivity index (χ3v) is 15.2. The number of aliphatic carboxylic acids is 2. The molecule has 5 aliphatic rings. The van der Waals surface area contributed by atoms with Crippen molar-refractivity contribution < 1.29 is 39.2 Å². The molecule has 0 aliphatic heterocycles. The van der Waals surface area contributed by atoms with E-state index in [1.807, 2.05) is 0 Å². The van der Waals surface area contributed by atoms with Crippen LogP contribution in [0.15, 0.2) is 30.4 Å². The lowest BCUT2D eigenvalue weighted by molar-refractivity contribution is -0.228. The van der Waals surface area contributed by atoms with Gasteiger partial charge in [0.1, 0.15) is 12.0 Å². The monoisotopic (exact) mass is 636 g/mol. The first-order valence-electron chi connectivity index (χ1n) is 17.1. The highest BCUT2D eigenvalue weighted by molar-refractivity contribution is 5.90. The molecule has 5 aliphatic carbocycles. The van der Waals surface area contributed by atoms with Gasteiger partial charge in [0.25, 0.3) is 0 Å². The number of phenols is 1. The van der Waals surface area contributed by atoms with Crippen LogP contribution in [-0.2, 0) is 14.3 Å². The third kappa shape index (κ3) is 4.06. The van der Waals surface area contributed by atoms with Crippen molar-refractivity contribution in [3.63, 3.8) is 0 Å². The van der Waals surface area contributed by atoms with Gasteiger partial charge in [-0.2, -0.15) is 0 Å². The molecule has 8 nitrogen and oxygen atoms in total. The van der Waals surface area contributed by atoms with Crippen molar-refractivity contribution in [1.29, 1.82) is 0 Å². The molecule has 6 rings (SSSR count). The van der Waals surface area contributed by atoms with Gasteiger partial charge < -0.3 is 24.8 Å². The van der Waals surface area contributed by atoms with Crippen molar-refractivity contribution in [1.82, 2.24) is 0 Å². The molecule has 0 spiro atoms. The Bertz CT molecular complexity index is 1480. The summed E-state index contributed by atoms with van der Waals surface area (Å²) in [6.45, 7) is 17.4. The van der Waals surface area contributed by atoms with Crippen LogP contribution < -0.4 is 4.74 Å². The van der Waals surface area contributed by atoms with E-state index in [1.54, 1.807) is 0 Å². The summed E-state index contributed by atoms with van der Waals surface area (Å²) >= 11 is 0. The Morgan fingerprint density at radius 2 is 1.59 bits per heavy atom. The Hall–Kier alpha value is -3.03. The number of aromatic hydroxyl groups is 1. The Morgan fingerprint density at radius 1 is 0.891 bits per heavy atom. The van der Waals surface area contributed by atoms with Gasteiger partial charge in [0.2, 0.25) is 0 Å². The summed E-state index contributed by atoms with van der Waals surface area (Å²) in [6.07, 6.45) is 5.63. The van der Waals surface area contributed by atoms with Crippen molar-refractivity contribution in [2.24, 2.45) is 62.6 Å². The Morgan fingerprint density at radius 3 is 2.20 bits per heavy atom. The molecule has 0 bridgehead atoms. The summed E-state index contributed by atoms with van der Waals surface area (Å²) in [4.78, 5) is 40.0. The maximum atomic E-state index is 13.6. The number of carbonyl (C=O) groups excluding carboxylic acids is 1. The summed E-state index contributed by atoms with van der Waals surface area (Å²) in [7, 11) is 1.40. The first kappa shape index (κ1) is 32.9. The molecule has 0 aromatic heterocycles. The lowest BCUT2D eigenvalue weighted by atomic mass is 9.34. The molecular weight excluding hydrogens is 584 g/mol. The molecule has 0 unspecified atom stereocenters. The summed E-state index contributed by atoms with van der Waals surface area (Å²) in [5.74, 6) is -2.56. The first-order chi connectivity index (χ1) is 21.4. The van der Waals surface area contributed by atoms with E-state index in [0.717, 1.165) is 44.1 Å². The standard InChI is InChI=1S/C38H52O8/c1-20(2)22-13-16-38(33(43)44)18-17-35(5)23(28(22)38)10-12-27-36(35,6)15-14-26-34(3,4)30(29(31(40)41)37(26,27)7)46-32(42)21-9-11-24(39)25(19-21)45-8/h9,11,19,22-23,26-30,39H,1,10,12-18H2,2-8H3,(H,40,41)(H,43,44)/t22-,23+,26-,27-,28+,29+,30-,35+,36+,37-,38-/m0/s1. The van der Waals surface area contributed by atoms with Crippen LogP contribution in [0.2, 0.25) is 0 Å². The van der Waals surface area contributed by atoms with E-state index >= 15 is 0 Å². The highest BCUT2D eigenvalue weighted by atomic mass is 16.5. The van der Waals surface area contributed by atoms with Gasteiger partial charge in [-0.15, -0.1) is 0 Å². The Labute approximate surface area is 272 Å². The summed E-state index contributed by atoms with van der Waals surface area (Å²) < 4.78 is 11.4. The van der Waals surface area contributed by atoms with E-state index in [4.69, 9.17) is 9.47 Å². The SMILES string of the molecule is C=C(C)[C@@H]1CC[C@]2(C(=O)O)CC[C@]3(C)[C@H](CC[C@@H]4[C@@]5(C)[C@@H](C(=O)O)[C@H](OC(=O)c6ccc(O)c(OC)c6)C(C)(C)[C@@H]5CC[C@]43C)[C@@H]12. The largest absolute Gasteiger partial charge is 0.504 e. The predicted octanol–water partition coefficient (Wildman–Crippen LogP) is 7.59. The number of hydrogen-bond acceptors (Lipinski definition) is 6. The number of methoxy groups -OCH3 is 1. The van der Waals surface area contributed by atoms with Crippen LogP contribution in [0.5, 0.6) is 11.5 Å². The zero-order valence-electron chi connectivity index (χ0n) is 28.5. The molecule has 0 radical (unpaired) electrons. The minimum Gasteiger partial charge on any atom is -0.504 e. The number of rotatable bonds is 6. The molecule has 1 aromatic rings. The maximum Gasteiger partial charge on any atom is 0.338 e. The molecule has 1 aromatic carbocycles. The maximum absolute atomic E-state index is 13.6. The van der Waals surface area contributed by atoms with Crippen molar-refractivity contribution in [2.75, 3.05) is 7.11 Å². The van der Waals surface area contributed by atoms with Crippen molar-refractivity contribution in [2.45, 2.75) is 99.0 Å². The molecular formula is C38H52O8. The molecule has 5 saturated carbocycles. The lowest BCUT2D eigenvalue weighted by Gasteiger charge is -2.70. The van der Waals surface area contributed by atoms with Crippen LogP contribution in [-0.4, -0.2) is 46.4 Å². The highest BCUT2D eigenvalue weighted by Crippen LogP contribution is 2.79. The fraction of sp³-hybridized carbons (Fsp3) is 0.711. The molecule has 11 atom stereocenters. The number of carboxylic acids is 2. The number of benzene rings is 1. The van der Waals surface area contributed by atoms with Gasteiger partial charge in [-0.25, -0.2) is 4.79 Å². The molecule has 5 fully saturated rings. The molecule has 8 heteroatoms. The molecule has 0 amide bonds. The quantitative estimate of drug-likeness (QED) is 0.215. The van der Waals surface area contributed by atoms with E-state index in [-0.39, 0.29) is 57.5 Å². The number of ether oxygens (including phenoxy) is 2. The van der Waals surface area contributed by atoms with Gasteiger partial charge in [0.05, 0.1) is 18.1 Å². The molecule has 46 heavy (non-hydrogen) atoms. The van der Waals surface area contributed by atoms with E-state index < -0.39 is 46.2 Å². The number of phenolic OH excluding ortho intramolecular Hbond substituents is 1. The smallest absolute Gasteiger partial charge is 0.338 e. The van der Waals surface area contributed by atoms with Gasteiger partial charge in [0, 0.05) is 5.41 Å². The number of hydrogen-bond donors (Lipinski definition) is 3. The van der Waals surface area contributed by atoms with E-state index in [2.05, 4.69) is 48.1 Å². The van der Waals surface area contributed by atoms with Crippen molar-refractivity contribution >= 4 is 17.9 Å². The molecule has 0 heterocycles. The second kappa shape index (κ2) is 10.5. The zero-order chi connectivity index (χ0) is 33.8. The highest BCUT2D eigenvalue weighted by Gasteiger charge is 2.76. The lowest BCUT2D eigenvalue weighted by Crippen LogP contribution is -2.65. The first-order valence-corrected chi connectivity index (χ1v) is 17.1. The van der Waals surface area contributed by atoms with Crippen LogP contribution in [0, 0.1) is 62.6 Å². The minimum atomic E-state index is -0.942. The van der Waals surface area contributed by atoms with E-state index in [1.165, 1.54) is 25.3 Å². The topological polar surface area (TPSA) is 130 Å². The van der Waals surface area contributed by atoms with E-state index in [0.29, 0.717) is 12.8 Å². The number of carbonyl (C=O) groups is 3.